The summed E-state index contributed by atoms with van der Waals surface area (Å²) < 4.78 is 0. The van der Waals surface area contributed by atoms with Crippen molar-refractivity contribution in [1.82, 2.24) is 15.5 Å². The molecule has 0 radical (unpaired) electrons. The zero-order chi connectivity index (χ0) is 15.7. The quantitative estimate of drug-likeness (QED) is 0.765. The van der Waals surface area contributed by atoms with Crippen LogP contribution in [0.5, 0.6) is 0 Å². The van der Waals surface area contributed by atoms with Crippen LogP contribution in [0.4, 0.5) is 0 Å². The normalized spacial score (nSPS) is 18.9. The van der Waals surface area contributed by atoms with E-state index >= 15 is 0 Å². The van der Waals surface area contributed by atoms with Crippen LogP contribution in [-0.2, 0) is 4.79 Å². The Balaban J connectivity index is 1.53. The Bertz CT molecular complexity index is 590. The molecule has 116 valence electrons. The average molecular weight is 301 g/mol. The van der Waals surface area contributed by atoms with Gasteiger partial charge in [0.1, 0.15) is 0 Å². The van der Waals surface area contributed by atoms with E-state index < -0.39 is 0 Å². The lowest BCUT2D eigenvalue weighted by atomic mass is 9.88. The molecule has 2 N–H and O–H groups in total. The maximum atomic E-state index is 12.2. The zero-order valence-electron chi connectivity index (χ0n) is 12.5. The topological polar surface area (TPSA) is 78.5 Å². The highest BCUT2D eigenvalue weighted by Crippen LogP contribution is 2.21. The van der Waals surface area contributed by atoms with Crippen molar-refractivity contribution in [3.8, 4) is 0 Å². The van der Waals surface area contributed by atoms with Gasteiger partial charge in [0.05, 0.1) is 11.1 Å². The fourth-order valence-corrected chi connectivity index (χ4v) is 2.77. The van der Waals surface area contributed by atoms with E-state index in [1.54, 1.807) is 24.3 Å². The van der Waals surface area contributed by atoms with Crippen molar-refractivity contribution < 1.29 is 14.4 Å². The predicted molar refractivity (Wildman–Crippen MR) is 80.3 cm³/mol. The molecule has 1 fully saturated rings. The van der Waals surface area contributed by atoms with Crippen LogP contribution in [0.3, 0.4) is 0 Å². The molecule has 2 aliphatic rings. The van der Waals surface area contributed by atoms with Crippen molar-refractivity contribution in [3.63, 3.8) is 0 Å². The summed E-state index contributed by atoms with van der Waals surface area (Å²) in [7, 11) is 0. The number of benzene rings is 1. The van der Waals surface area contributed by atoms with Gasteiger partial charge in [-0.15, -0.1) is 0 Å². The summed E-state index contributed by atoms with van der Waals surface area (Å²) in [6.45, 7) is 4.13. The van der Waals surface area contributed by atoms with Gasteiger partial charge >= 0.3 is 0 Å². The number of hydrogen-bond donors (Lipinski definition) is 2. The Morgan fingerprint density at radius 1 is 1.27 bits per heavy atom. The van der Waals surface area contributed by atoms with Gasteiger partial charge in [0.15, 0.2) is 0 Å². The van der Waals surface area contributed by atoms with Gasteiger partial charge in [-0.2, -0.15) is 0 Å². The van der Waals surface area contributed by atoms with Crippen molar-refractivity contribution in [2.45, 2.75) is 6.92 Å². The molecule has 0 saturated carbocycles. The van der Waals surface area contributed by atoms with Gasteiger partial charge in [-0.3, -0.25) is 19.3 Å². The van der Waals surface area contributed by atoms with Crippen molar-refractivity contribution in [2.75, 3.05) is 26.2 Å². The standard InChI is InChI=1S/C16H19N3O3/c1-10(11-8-17-9-11)14(20)18-6-7-19-15(21)12-4-2-3-5-13(12)16(19)22/h2-5,10-11,17H,6-9H2,1H3,(H,18,20). The SMILES string of the molecule is CC(C(=O)NCCN1C(=O)c2ccccc2C1=O)C1CNC1. The number of fused-ring (bicyclic) bond motifs is 1. The molecule has 0 spiro atoms. The number of imide groups is 1. The van der Waals surface area contributed by atoms with E-state index in [-0.39, 0.29) is 36.7 Å². The van der Waals surface area contributed by atoms with Crippen LogP contribution >= 0.6 is 0 Å². The highest BCUT2D eigenvalue weighted by molar-refractivity contribution is 6.21. The highest BCUT2D eigenvalue weighted by atomic mass is 16.2. The number of hydrogen-bond acceptors (Lipinski definition) is 4. The first-order chi connectivity index (χ1) is 10.6. The second kappa shape index (κ2) is 5.88. The van der Waals surface area contributed by atoms with Gasteiger partial charge in [-0.25, -0.2) is 0 Å². The summed E-state index contributed by atoms with van der Waals surface area (Å²) in [5.41, 5.74) is 0.875. The lowest BCUT2D eigenvalue weighted by molar-refractivity contribution is -0.126. The van der Waals surface area contributed by atoms with E-state index in [9.17, 15) is 14.4 Å². The Hall–Kier alpha value is -2.21. The summed E-state index contributed by atoms with van der Waals surface area (Å²) in [6.07, 6.45) is 0. The predicted octanol–water partition coefficient (Wildman–Crippen LogP) is 0.254. The van der Waals surface area contributed by atoms with E-state index in [2.05, 4.69) is 10.6 Å². The number of nitrogens with one attached hydrogen (secondary N) is 2. The second-order valence-electron chi connectivity index (χ2n) is 5.81. The minimum absolute atomic E-state index is 0.0249. The van der Waals surface area contributed by atoms with E-state index in [4.69, 9.17) is 0 Å². The van der Waals surface area contributed by atoms with E-state index in [1.165, 1.54) is 4.90 Å². The van der Waals surface area contributed by atoms with Crippen LogP contribution in [0.2, 0.25) is 0 Å². The first-order valence-electron chi connectivity index (χ1n) is 7.53. The molecular formula is C16H19N3O3. The van der Waals surface area contributed by atoms with Crippen molar-refractivity contribution >= 4 is 17.7 Å². The fourth-order valence-electron chi connectivity index (χ4n) is 2.77. The molecule has 2 aliphatic heterocycles. The van der Waals surface area contributed by atoms with Gasteiger partial charge in [0.2, 0.25) is 5.91 Å². The molecule has 22 heavy (non-hydrogen) atoms. The number of amides is 3. The molecule has 3 rings (SSSR count). The van der Waals surface area contributed by atoms with E-state index in [0.717, 1.165) is 13.1 Å². The monoisotopic (exact) mass is 301 g/mol. The minimum atomic E-state index is -0.286. The number of nitrogens with zero attached hydrogens (tertiary/aromatic N) is 1. The molecule has 1 aromatic carbocycles. The second-order valence-corrected chi connectivity index (χ2v) is 5.81. The third kappa shape index (κ3) is 2.50. The van der Waals surface area contributed by atoms with Crippen molar-refractivity contribution in [1.29, 1.82) is 0 Å². The van der Waals surface area contributed by atoms with Crippen molar-refractivity contribution in [3.05, 3.63) is 35.4 Å². The average Bonchev–Trinajstić information content (AvgIpc) is 2.70. The maximum absolute atomic E-state index is 12.2. The molecule has 6 nitrogen and oxygen atoms in total. The van der Waals surface area contributed by atoms with Crippen LogP contribution in [0.15, 0.2) is 24.3 Å². The first kappa shape index (κ1) is 14.7. The summed E-state index contributed by atoms with van der Waals surface area (Å²) in [4.78, 5) is 37.5. The largest absolute Gasteiger partial charge is 0.354 e. The Kier molecular flexibility index (Phi) is 3.94. The molecular weight excluding hydrogens is 282 g/mol. The van der Waals surface area contributed by atoms with Crippen molar-refractivity contribution in [2.24, 2.45) is 11.8 Å². The Morgan fingerprint density at radius 3 is 2.36 bits per heavy atom. The zero-order valence-corrected chi connectivity index (χ0v) is 12.5. The Labute approximate surface area is 128 Å². The van der Waals surface area contributed by atoms with Gasteiger partial charge in [0.25, 0.3) is 11.8 Å². The smallest absolute Gasteiger partial charge is 0.261 e. The van der Waals surface area contributed by atoms with E-state index in [0.29, 0.717) is 17.0 Å². The summed E-state index contributed by atoms with van der Waals surface area (Å²) in [5.74, 6) is -0.275. The number of carbonyl (C=O) groups excluding carboxylic acids is 3. The molecule has 0 aromatic heterocycles. The lowest BCUT2D eigenvalue weighted by Gasteiger charge is -2.31. The molecule has 1 aromatic rings. The summed E-state index contributed by atoms with van der Waals surface area (Å²) >= 11 is 0. The van der Waals surface area contributed by atoms with Crippen LogP contribution in [0.1, 0.15) is 27.6 Å². The van der Waals surface area contributed by atoms with Crippen LogP contribution in [0.25, 0.3) is 0 Å². The lowest BCUT2D eigenvalue weighted by Crippen LogP contribution is -2.50. The van der Waals surface area contributed by atoms with Crippen LogP contribution in [-0.4, -0.2) is 48.8 Å². The molecule has 0 bridgehead atoms. The number of rotatable bonds is 5. The molecule has 1 atom stereocenters. The molecule has 2 heterocycles. The van der Waals surface area contributed by atoms with Crippen LogP contribution in [0, 0.1) is 11.8 Å². The molecule has 3 amide bonds. The van der Waals surface area contributed by atoms with Gasteiger partial charge in [0, 0.05) is 19.0 Å². The van der Waals surface area contributed by atoms with Gasteiger partial charge < -0.3 is 10.6 Å². The first-order valence-corrected chi connectivity index (χ1v) is 7.53. The maximum Gasteiger partial charge on any atom is 0.261 e. The molecule has 1 unspecified atom stereocenters. The van der Waals surface area contributed by atoms with Crippen LogP contribution < -0.4 is 10.6 Å². The molecule has 0 aliphatic carbocycles. The minimum Gasteiger partial charge on any atom is -0.354 e. The fraction of sp³-hybridized carbons (Fsp3) is 0.438. The third-order valence-electron chi connectivity index (χ3n) is 4.45. The Morgan fingerprint density at radius 2 is 1.86 bits per heavy atom. The van der Waals surface area contributed by atoms with Gasteiger partial charge in [-0.1, -0.05) is 19.1 Å². The molecule has 1 saturated heterocycles. The van der Waals surface area contributed by atoms with E-state index in [1.807, 2.05) is 6.92 Å². The highest BCUT2D eigenvalue weighted by Gasteiger charge is 2.35. The number of carbonyl (C=O) groups is 3. The third-order valence-corrected chi connectivity index (χ3v) is 4.45. The summed E-state index contributed by atoms with van der Waals surface area (Å²) in [6, 6.07) is 6.78. The molecule has 6 heteroatoms. The summed E-state index contributed by atoms with van der Waals surface area (Å²) in [5, 5.41) is 5.96. The van der Waals surface area contributed by atoms with Gasteiger partial charge in [-0.05, 0) is 31.1 Å².